The number of carboxylic acid groups (broad SMARTS) is 1. The first-order chi connectivity index (χ1) is 23.0. The van der Waals surface area contributed by atoms with Gasteiger partial charge in [0.05, 0.1) is 16.1 Å². The third-order valence-electron chi connectivity index (χ3n) is 8.20. The second-order valence-electron chi connectivity index (χ2n) is 11.8. The molecule has 1 aliphatic rings. The molecule has 1 heterocycles. The first-order valence-corrected chi connectivity index (χ1v) is 18.8. The zero-order valence-electron chi connectivity index (χ0n) is 27.5. The predicted molar refractivity (Wildman–Crippen MR) is 187 cm³/mol. The fraction of sp³-hybridized carbons (Fsp3) is 0.400. The molecule has 0 aromatic heterocycles. The molecule has 4 N–H and O–H groups in total. The Labute approximate surface area is 286 Å². The molecule has 1 atom stereocenters. The van der Waals surface area contributed by atoms with E-state index in [9.17, 15) is 22.8 Å². The van der Waals surface area contributed by atoms with Crippen LogP contribution in [-0.2, 0) is 24.4 Å². The van der Waals surface area contributed by atoms with E-state index in [-0.39, 0.29) is 10.6 Å². The van der Waals surface area contributed by atoms with E-state index in [1.165, 1.54) is 17.8 Å². The number of anilines is 2. The minimum absolute atomic E-state index is 0.0460. The summed E-state index contributed by atoms with van der Waals surface area (Å²) in [5.41, 5.74) is 1.14. The largest absolute Gasteiger partial charge is 0.483 e. The number of fused-ring (bicyclic) bond motifs is 1. The highest BCUT2D eigenvalue weighted by atomic mass is 32.2. The molecule has 13 heteroatoms. The van der Waals surface area contributed by atoms with Crippen molar-refractivity contribution in [2.24, 2.45) is 0 Å². The van der Waals surface area contributed by atoms with Crippen LogP contribution in [0.5, 0.6) is 5.75 Å². The van der Waals surface area contributed by atoms with Crippen molar-refractivity contribution in [3.8, 4) is 5.75 Å². The number of amides is 2. The van der Waals surface area contributed by atoms with Crippen LogP contribution in [-0.4, -0.2) is 62.8 Å². The lowest BCUT2D eigenvalue weighted by atomic mass is 9.87. The molecule has 4 rings (SSSR count). The van der Waals surface area contributed by atoms with Gasteiger partial charge >= 0.3 is 5.97 Å². The average Bonchev–Trinajstić information content (AvgIpc) is 3.18. The van der Waals surface area contributed by atoms with Gasteiger partial charge in [-0.3, -0.25) is 14.4 Å². The second kappa shape index (κ2) is 16.8. The second-order valence-corrected chi connectivity index (χ2v) is 14.3. The van der Waals surface area contributed by atoms with Crippen LogP contribution in [0.1, 0.15) is 64.0 Å². The molecule has 3 aromatic rings. The molecule has 11 nitrogen and oxygen atoms in total. The summed E-state index contributed by atoms with van der Waals surface area (Å²) >= 11 is 1.36. The number of hydrogen-bond donors (Lipinski definition) is 4. The van der Waals surface area contributed by atoms with Gasteiger partial charge in [-0.15, -0.1) is 11.8 Å². The Bertz CT molecular complexity index is 1660. The summed E-state index contributed by atoms with van der Waals surface area (Å²) < 4.78 is 37.5. The number of carboxylic acids is 1. The maximum Gasteiger partial charge on any atom is 0.322 e. The van der Waals surface area contributed by atoms with Gasteiger partial charge in [0.1, 0.15) is 23.2 Å². The zero-order valence-corrected chi connectivity index (χ0v) is 29.2. The summed E-state index contributed by atoms with van der Waals surface area (Å²) in [7, 11) is -4.04. The number of hydrogen-bond acceptors (Lipinski definition) is 8. The number of para-hydroxylation sites is 1. The smallest absolute Gasteiger partial charge is 0.322 e. The summed E-state index contributed by atoms with van der Waals surface area (Å²) in [4.78, 5) is 39.8. The third-order valence-corrected chi connectivity index (χ3v) is 10.6. The van der Waals surface area contributed by atoms with E-state index < -0.39 is 52.5 Å². The summed E-state index contributed by atoms with van der Waals surface area (Å²) in [5.74, 6) is -2.36. The van der Waals surface area contributed by atoms with E-state index in [2.05, 4.69) is 34.1 Å². The Morgan fingerprint density at radius 1 is 1.00 bits per heavy atom. The van der Waals surface area contributed by atoms with Gasteiger partial charge in [0, 0.05) is 18.3 Å². The molecule has 0 spiro atoms. The molecule has 0 bridgehead atoms. The summed E-state index contributed by atoms with van der Waals surface area (Å²) in [5, 5.41) is 13.9. The van der Waals surface area contributed by atoms with Gasteiger partial charge in [-0.1, -0.05) is 88.1 Å². The van der Waals surface area contributed by atoms with Gasteiger partial charge in [-0.2, -0.15) is 0 Å². The van der Waals surface area contributed by atoms with Crippen LogP contribution >= 0.6 is 11.8 Å². The average molecular weight is 697 g/mol. The number of benzene rings is 3. The van der Waals surface area contributed by atoms with Crippen LogP contribution < -0.4 is 25.0 Å². The molecule has 0 unspecified atom stereocenters. The van der Waals surface area contributed by atoms with Crippen LogP contribution in [0.15, 0.2) is 82.6 Å². The van der Waals surface area contributed by atoms with Crippen molar-refractivity contribution in [2.45, 2.75) is 73.7 Å². The molecule has 0 saturated carbocycles. The van der Waals surface area contributed by atoms with Gasteiger partial charge in [0.25, 0.3) is 5.91 Å². The van der Waals surface area contributed by atoms with Gasteiger partial charge in [0.2, 0.25) is 15.9 Å². The molecule has 48 heavy (non-hydrogen) atoms. The van der Waals surface area contributed by atoms with Crippen molar-refractivity contribution in [2.75, 3.05) is 30.9 Å². The topological polar surface area (TPSA) is 154 Å². The molecular formula is C35H44N4O7S2. The van der Waals surface area contributed by atoms with E-state index in [0.29, 0.717) is 35.5 Å². The number of aliphatic carboxylic acids is 1. The molecule has 2 amide bonds. The third kappa shape index (κ3) is 9.30. The van der Waals surface area contributed by atoms with Crippen molar-refractivity contribution < 1.29 is 32.6 Å². The van der Waals surface area contributed by atoms with Gasteiger partial charge < -0.3 is 25.4 Å². The molecule has 0 fully saturated rings. The lowest BCUT2D eigenvalue weighted by molar-refractivity contribution is -0.138. The number of nitrogens with zero attached hydrogens (tertiary/aromatic N) is 1. The molecule has 0 saturated heterocycles. The predicted octanol–water partition coefficient (Wildman–Crippen LogP) is 5.39. The fourth-order valence-corrected chi connectivity index (χ4v) is 8.00. The van der Waals surface area contributed by atoms with Crippen molar-refractivity contribution in [1.82, 2.24) is 15.4 Å². The van der Waals surface area contributed by atoms with Gasteiger partial charge in [-0.25, -0.2) is 13.1 Å². The molecular weight excluding hydrogens is 653 g/mol. The Hall–Kier alpha value is -4.07. The van der Waals surface area contributed by atoms with Crippen molar-refractivity contribution >= 4 is 50.9 Å². The normalized spacial score (nSPS) is 15.4. The number of sulfonamides is 1. The Morgan fingerprint density at radius 3 is 2.21 bits per heavy atom. The quantitative estimate of drug-likeness (QED) is 0.144. The Balaban J connectivity index is 1.68. The molecule has 258 valence electrons. The van der Waals surface area contributed by atoms with E-state index in [4.69, 9.17) is 9.84 Å². The van der Waals surface area contributed by atoms with Crippen LogP contribution in [0, 0.1) is 0 Å². The highest BCUT2D eigenvalue weighted by Gasteiger charge is 2.42. The van der Waals surface area contributed by atoms with Crippen LogP contribution in [0.2, 0.25) is 0 Å². The standard InChI is InChI=1S/C35H44N4O7S2/c1-4-6-18-35(19-7-5-2)24-39(26-16-12-9-13-17-26)27-20-29(47-3)28(21-30(27)48(44,45)38-35)46-23-31(40)37-33(25-14-10-8-11-15-25)34(43)36-22-32(41)42/h8-17,20-21,33,38H,4-7,18-19,22-24H2,1-3H3,(H,36,43)(H,37,40)(H,41,42)/t33-/m1/s1. The highest BCUT2D eigenvalue weighted by molar-refractivity contribution is 7.98. The summed E-state index contributed by atoms with van der Waals surface area (Å²) in [6.45, 7) is 3.51. The zero-order chi connectivity index (χ0) is 34.7. The van der Waals surface area contributed by atoms with Crippen LogP contribution in [0.25, 0.3) is 0 Å². The van der Waals surface area contributed by atoms with E-state index >= 15 is 0 Å². The van der Waals surface area contributed by atoms with Crippen LogP contribution in [0.3, 0.4) is 0 Å². The number of rotatable bonds is 16. The molecule has 0 radical (unpaired) electrons. The first-order valence-electron chi connectivity index (χ1n) is 16.1. The summed E-state index contributed by atoms with van der Waals surface area (Å²) in [6.07, 6.45) is 6.79. The van der Waals surface area contributed by atoms with E-state index in [1.54, 1.807) is 36.4 Å². The number of carbonyl (C=O) groups is 3. The first kappa shape index (κ1) is 36.8. The van der Waals surface area contributed by atoms with Gasteiger partial charge in [0.15, 0.2) is 6.61 Å². The minimum atomic E-state index is -4.04. The molecule has 0 aliphatic carbocycles. The lowest BCUT2D eigenvalue weighted by Crippen LogP contribution is -2.53. The van der Waals surface area contributed by atoms with E-state index in [0.717, 1.165) is 31.4 Å². The maximum atomic E-state index is 14.2. The maximum absolute atomic E-state index is 14.2. The van der Waals surface area contributed by atoms with E-state index in [1.807, 2.05) is 36.6 Å². The molecule has 3 aromatic carbocycles. The van der Waals surface area contributed by atoms with Crippen molar-refractivity contribution in [1.29, 1.82) is 0 Å². The number of nitrogens with one attached hydrogen (secondary N) is 3. The SMILES string of the molecule is CCCCC1(CCCC)CN(c2ccccc2)c2cc(SC)c(OCC(=O)N[C@@H](C(=O)NCC(=O)O)c3ccccc3)cc2S(=O)(=O)N1. The lowest BCUT2D eigenvalue weighted by Gasteiger charge is -2.37. The fourth-order valence-electron chi connectivity index (χ4n) is 5.80. The Morgan fingerprint density at radius 2 is 1.62 bits per heavy atom. The molecule has 1 aliphatic heterocycles. The van der Waals surface area contributed by atoms with Crippen molar-refractivity contribution in [3.63, 3.8) is 0 Å². The number of unbranched alkanes of at least 4 members (excludes halogenated alkanes) is 2. The van der Waals surface area contributed by atoms with Crippen molar-refractivity contribution in [3.05, 3.63) is 78.4 Å². The minimum Gasteiger partial charge on any atom is -0.483 e. The number of carbonyl (C=O) groups excluding carboxylic acids is 2. The number of thioether (sulfide) groups is 1. The van der Waals surface area contributed by atoms with Gasteiger partial charge in [-0.05, 0) is 42.9 Å². The number of ether oxygens (including phenoxy) is 1. The monoisotopic (exact) mass is 696 g/mol. The Kier molecular flexibility index (Phi) is 12.9. The highest BCUT2D eigenvalue weighted by Crippen LogP contribution is 2.44. The summed E-state index contributed by atoms with van der Waals surface area (Å²) in [6, 6.07) is 20.2. The van der Waals surface area contributed by atoms with Crippen LogP contribution in [0.4, 0.5) is 11.4 Å².